The maximum absolute atomic E-state index is 8.26. The zero-order chi connectivity index (χ0) is 20.5. The van der Waals surface area contributed by atoms with E-state index < -0.39 is 6.98 Å². The number of benzene rings is 2. The Morgan fingerprint density at radius 2 is 1.92 bits per heavy atom. The highest BCUT2D eigenvalue weighted by Gasteiger charge is 2.35. The molecule has 0 fully saturated rings. The van der Waals surface area contributed by atoms with Crippen LogP contribution in [0.3, 0.4) is 0 Å². The summed E-state index contributed by atoms with van der Waals surface area (Å²) < 4.78 is 30.9. The summed E-state index contributed by atoms with van der Waals surface area (Å²) in [7, 11) is 0. The van der Waals surface area contributed by atoms with E-state index >= 15 is 0 Å². The zero-order valence-electron chi connectivity index (χ0n) is 17.9. The van der Waals surface area contributed by atoms with Crippen LogP contribution in [0.4, 0.5) is 17.1 Å². The topological polar surface area (TPSA) is 32.5 Å². The lowest BCUT2D eigenvalue weighted by atomic mass is 10.1. The summed E-state index contributed by atoms with van der Waals surface area (Å²) >= 11 is 0. The molecule has 2 aromatic carbocycles. The summed E-state index contributed by atoms with van der Waals surface area (Å²) in [5.41, 5.74) is 5.80. The van der Waals surface area contributed by atoms with Gasteiger partial charge in [0.2, 0.25) is 0 Å². The van der Waals surface area contributed by atoms with Crippen molar-refractivity contribution >= 4 is 39.0 Å². The van der Waals surface area contributed by atoms with Gasteiger partial charge in [-0.1, -0.05) is 18.2 Å². The smallest absolute Gasteiger partial charge is 0.156 e. The number of aryl methyl sites for hydroxylation is 2. The van der Waals surface area contributed by atoms with Gasteiger partial charge in [-0.25, -0.2) is 0 Å². The van der Waals surface area contributed by atoms with Gasteiger partial charge in [0.25, 0.3) is 0 Å². The predicted molar refractivity (Wildman–Crippen MR) is 107 cm³/mol. The first kappa shape index (κ1) is 12.4. The number of rotatable bonds is 1. The Kier molecular flexibility index (Phi) is 2.49. The molecule has 0 aliphatic carbocycles. The van der Waals surface area contributed by atoms with Crippen molar-refractivity contribution in [3.05, 3.63) is 59.9 Å². The van der Waals surface area contributed by atoms with E-state index in [0.717, 1.165) is 33.4 Å². The monoisotopic (exact) mass is 346 g/mol. The Labute approximate surface area is 156 Å². The van der Waals surface area contributed by atoms with Crippen LogP contribution >= 0.6 is 0 Å². The van der Waals surface area contributed by atoms with Crippen LogP contribution in [0.15, 0.2) is 53.1 Å². The van der Waals surface area contributed by atoms with E-state index in [2.05, 4.69) is 9.88 Å². The van der Waals surface area contributed by atoms with E-state index in [1.54, 1.807) is 6.20 Å². The predicted octanol–water partition coefficient (Wildman–Crippen LogP) is 5.53. The van der Waals surface area contributed by atoms with Crippen molar-refractivity contribution in [1.82, 2.24) is 4.98 Å². The average molecular weight is 346 g/mol. The van der Waals surface area contributed by atoms with Crippen molar-refractivity contribution in [1.29, 1.82) is 0 Å². The third-order valence-corrected chi connectivity index (χ3v) is 5.31. The summed E-state index contributed by atoms with van der Waals surface area (Å²) in [4.78, 5) is 7.95. The Bertz CT molecular complexity index is 1260. The molecule has 0 unspecified atom stereocenters. The number of hydrogen-bond acceptors (Lipinski definition) is 4. The average Bonchev–Trinajstić information content (AvgIpc) is 3.17. The summed E-state index contributed by atoms with van der Waals surface area (Å²) in [5.74, 6) is 0. The Balaban J connectivity index is 1.90. The molecular formula is C22H21N3O. The molecule has 4 nitrogen and oxygen atoms in total. The molecule has 2 aromatic heterocycles. The number of pyridine rings is 1. The van der Waals surface area contributed by atoms with Crippen LogP contribution in [0.25, 0.3) is 21.9 Å². The van der Waals surface area contributed by atoms with E-state index in [1.807, 2.05) is 63.2 Å². The van der Waals surface area contributed by atoms with E-state index in [1.165, 1.54) is 4.90 Å². The second-order valence-electron chi connectivity index (χ2n) is 6.84. The minimum atomic E-state index is -2.30. The number of aromatic nitrogens is 1. The quantitative estimate of drug-likeness (QED) is 0.453. The molecule has 0 amide bonds. The number of anilines is 3. The Morgan fingerprint density at radius 1 is 1.08 bits per heavy atom. The van der Waals surface area contributed by atoms with Gasteiger partial charge >= 0.3 is 0 Å². The zero-order valence-corrected chi connectivity index (χ0v) is 14.9. The van der Waals surface area contributed by atoms with Crippen molar-refractivity contribution in [2.45, 2.75) is 26.9 Å². The second kappa shape index (κ2) is 5.24. The van der Waals surface area contributed by atoms with Gasteiger partial charge < -0.3 is 14.2 Å². The maximum atomic E-state index is 8.26. The van der Waals surface area contributed by atoms with E-state index in [4.69, 9.17) is 8.53 Å². The van der Waals surface area contributed by atoms with Crippen molar-refractivity contribution in [2.75, 3.05) is 16.8 Å². The van der Waals surface area contributed by atoms with Crippen LogP contribution in [-0.2, 0) is 0 Å². The molecule has 130 valence electrons. The van der Waals surface area contributed by atoms with Crippen LogP contribution in [0.2, 0.25) is 0 Å². The third kappa shape index (κ3) is 1.87. The van der Waals surface area contributed by atoms with Crippen LogP contribution < -0.4 is 9.80 Å². The van der Waals surface area contributed by atoms with Crippen LogP contribution in [-0.4, -0.2) is 18.1 Å². The SMILES string of the molecule is [2H]C([2H])([2H])N1c2c(ccc3oc4c(C)nccc4c23)N(c2ccccc2C)[C@H]1C. The highest BCUT2D eigenvalue weighted by Crippen LogP contribution is 2.50. The van der Waals surface area contributed by atoms with Gasteiger partial charge in [0.1, 0.15) is 11.7 Å². The molecule has 26 heavy (non-hydrogen) atoms. The van der Waals surface area contributed by atoms with Gasteiger partial charge in [0.15, 0.2) is 5.58 Å². The lowest BCUT2D eigenvalue weighted by Crippen LogP contribution is -2.35. The van der Waals surface area contributed by atoms with E-state index in [-0.39, 0.29) is 6.17 Å². The first-order valence-corrected chi connectivity index (χ1v) is 8.74. The van der Waals surface area contributed by atoms with E-state index in [0.29, 0.717) is 16.9 Å². The minimum absolute atomic E-state index is 0.378. The van der Waals surface area contributed by atoms with Crippen LogP contribution in [0, 0.1) is 13.8 Å². The molecule has 4 heteroatoms. The van der Waals surface area contributed by atoms with E-state index in [9.17, 15) is 0 Å². The van der Waals surface area contributed by atoms with Crippen molar-refractivity contribution < 1.29 is 8.53 Å². The molecule has 0 bridgehead atoms. The molecule has 5 rings (SSSR count). The summed E-state index contributed by atoms with van der Waals surface area (Å²) in [6, 6.07) is 13.8. The number of nitrogens with zero attached hydrogens (tertiary/aromatic N) is 3. The van der Waals surface area contributed by atoms with Crippen molar-refractivity contribution in [3.8, 4) is 0 Å². The highest BCUT2D eigenvalue weighted by molar-refractivity contribution is 6.16. The van der Waals surface area contributed by atoms with Gasteiger partial charge in [-0.15, -0.1) is 0 Å². The number of para-hydroxylation sites is 1. The molecule has 4 aromatic rings. The largest absolute Gasteiger partial charge is 0.454 e. The second-order valence-corrected chi connectivity index (χ2v) is 6.84. The maximum Gasteiger partial charge on any atom is 0.156 e. The standard InChI is InChI=1S/C22H21N3O/c1-13-7-5-6-8-17(13)25-15(3)24(4)21-18(25)9-10-19-20(21)16-11-12-23-14(2)22(16)26-19/h5-12,15H,1-4H3/t15-/m0/s1/i4D3. The molecule has 3 heterocycles. The van der Waals surface area contributed by atoms with Crippen molar-refractivity contribution in [2.24, 2.45) is 0 Å². The highest BCUT2D eigenvalue weighted by atomic mass is 16.3. The summed E-state index contributed by atoms with van der Waals surface area (Å²) in [5, 5.41) is 1.71. The molecule has 0 N–H and O–H groups in total. The first-order chi connectivity index (χ1) is 13.8. The first-order valence-electron chi connectivity index (χ1n) is 10.2. The molecule has 0 saturated carbocycles. The van der Waals surface area contributed by atoms with Gasteiger partial charge in [0, 0.05) is 28.4 Å². The molecule has 1 aliphatic rings. The molecule has 1 atom stereocenters. The lowest BCUT2D eigenvalue weighted by Gasteiger charge is -2.28. The lowest BCUT2D eigenvalue weighted by molar-refractivity contribution is 0.663. The molecule has 0 saturated heterocycles. The van der Waals surface area contributed by atoms with Gasteiger partial charge in [-0.3, -0.25) is 4.98 Å². The fraction of sp³-hybridized carbons (Fsp3) is 0.227. The minimum Gasteiger partial charge on any atom is -0.454 e. The van der Waals surface area contributed by atoms with Crippen LogP contribution in [0.1, 0.15) is 22.3 Å². The fourth-order valence-corrected chi connectivity index (χ4v) is 4.00. The fourth-order valence-electron chi connectivity index (χ4n) is 4.00. The van der Waals surface area contributed by atoms with Crippen molar-refractivity contribution in [3.63, 3.8) is 0 Å². The number of furan rings is 1. The number of fused-ring (bicyclic) bond motifs is 5. The van der Waals surface area contributed by atoms with Crippen LogP contribution in [0.5, 0.6) is 0 Å². The molecule has 1 aliphatic heterocycles. The molecule has 0 spiro atoms. The Morgan fingerprint density at radius 3 is 2.73 bits per heavy atom. The van der Waals surface area contributed by atoms with Gasteiger partial charge in [0.05, 0.1) is 22.5 Å². The van der Waals surface area contributed by atoms with Gasteiger partial charge in [-0.05, 0) is 50.6 Å². The Hall–Kier alpha value is -3.01. The third-order valence-electron chi connectivity index (χ3n) is 5.31. The summed E-state index contributed by atoms with van der Waals surface area (Å²) in [6.45, 7) is 3.57. The molecular weight excluding hydrogens is 322 g/mol. The molecule has 0 radical (unpaired) electrons. The normalized spacial score (nSPS) is 18.9. The summed E-state index contributed by atoms with van der Waals surface area (Å²) in [6.07, 6.45) is 1.36. The number of hydrogen-bond donors (Lipinski definition) is 0. The van der Waals surface area contributed by atoms with Gasteiger partial charge in [-0.2, -0.15) is 0 Å².